The molecule has 0 saturated heterocycles. The lowest BCUT2D eigenvalue weighted by molar-refractivity contribution is -0.174. The summed E-state index contributed by atoms with van der Waals surface area (Å²) in [5.41, 5.74) is 3.20. The molecule has 0 aliphatic carbocycles. The van der Waals surface area contributed by atoms with Crippen LogP contribution in [0.1, 0.15) is 24.6 Å². The van der Waals surface area contributed by atoms with E-state index in [9.17, 15) is 18.0 Å². The number of alkyl halides is 3. The fourth-order valence-electron chi connectivity index (χ4n) is 3.42. The van der Waals surface area contributed by atoms with E-state index in [0.717, 1.165) is 41.5 Å². The van der Waals surface area contributed by atoms with E-state index in [0.29, 0.717) is 12.2 Å². The van der Waals surface area contributed by atoms with Crippen molar-refractivity contribution in [3.05, 3.63) is 29.5 Å². The van der Waals surface area contributed by atoms with Crippen LogP contribution in [0.5, 0.6) is 5.75 Å². The highest BCUT2D eigenvalue weighted by molar-refractivity contribution is 5.87. The van der Waals surface area contributed by atoms with Crippen LogP contribution in [0.2, 0.25) is 0 Å². The van der Waals surface area contributed by atoms with Crippen LogP contribution in [0.4, 0.5) is 13.2 Å². The smallest absolute Gasteiger partial charge is 0.471 e. The second-order valence-electron chi connectivity index (χ2n) is 6.14. The van der Waals surface area contributed by atoms with Crippen molar-refractivity contribution in [3.8, 4) is 5.75 Å². The molecule has 0 fully saturated rings. The molecule has 1 aromatic carbocycles. The fourth-order valence-corrected chi connectivity index (χ4v) is 3.42. The van der Waals surface area contributed by atoms with Gasteiger partial charge < -0.3 is 14.6 Å². The van der Waals surface area contributed by atoms with Gasteiger partial charge in [0.15, 0.2) is 0 Å². The standard InChI is InChI=1S/C17H19F3N2O2/c1-10(21-16(23)17(18,19)20)8-12-13-9-11(24-2)5-6-15(13)22-7-3-4-14(12)22/h5-6,9-10H,3-4,7-8H2,1-2H3,(H,21,23). The maximum atomic E-state index is 12.4. The molecule has 0 bridgehead atoms. The molecule has 2 heterocycles. The average molecular weight is 340 g/mol. The highest BCUT2D eigenvalue weighted by Gasteiger charge is 2.39. The van der Waals surface area contributed by atoms with Crippen LogP contribution in [0, 0.1) is 0 Å². The Morgan fingerprint density at radius 1 is 1.42 bits per heavy atom. The van der Waals surface area contributed by atoms with Crippen LogP contribution in [0.3, 0.4) is 0 Å². The third kappa shape index (κ3) is 2.95. The zero-order valence-corrected chi connectivity index (χ0v) is 13.5. The van der Waals surface area contributed by atoms with Crippen molar-refractivity contribution in [3.63, 3.8) is 0 Å². The highest BCUT2D eigenvalue weighted by Crippen LogP contribution is 2.34. The van der Waals surface area contributed by atoms with E-state index in [4.69, 9.17) is 4.74 Å². The van der Waals surface area contributed by atoms with E-state index in [1.54, 1.807) is 14.0 Å². The van der Waals surface area contributed by atoms with Crippen molar-refractivity contribution in [1.82, 2.24) is 9.88 Å². The van der Waals surface area contributed by atoms with Gasteiger partial charge in [-0.05, 0) is 49.9 Å². The Kier molecular flexibility index (Phi) is 4.19. The summed E-state index contributed by atoms with van der Waals surface area (Å²) in [6.07, 6.45) is -2.59. The molecular formula is C17H19F3N2O2. The summed E-state index contributed by atoms with van der Waals surface area (Å²) in [7, 11) is 1.58. The first-order valence-electron chi connectivity index (χ1n) is 7.87. The normalized spacial score (nSPS) is 15.4. The van der Waals surface area contributed by atoms with Gasteiger partial charge in [0.25, 0.3) is 0 Å². The van der Waals surface area contributed by atoms with Gasteiger partial charge in [-0.3, -0.25) is 4.79 Å². The van der Waals surface area contributed by atoms with Crippen molar-refractivity contribution < 1.29 is 22.7 Å². The molecule has 1 unspecified atom stereocenters. The van der Waals surface area contributed by atoms with Gasteiger partial charge >= 0.3 is 12.1 Å². The van der Waals surface area contributed by atoms with Crippen LogP contribution in [-0.4, -0.2) is 29.8 Å². The molecular weight excluding hydrogens is 321 g/mol. The number of aromatic nitrogens is 1. The number of hydrogen-bond donors (Lipinski definition) is 1. The van der Waals surface area contributed by atoms with Crippen molar-refractivity contribution in [2.45, 2.75) is 44.9 Å². The lowest BCUT2D eigenvalue weighted by atomic mass is 10.0. The zero-order valence-electron chi connectivity index (χ0n) is 13.5. The van der Waals surface area contributed by atoms with E-state index < -0.39 is 18.1 Å². The van der Waals surface area contributed by atoms with Gasteiger partial charge in [-0.2, -0.15) is 13.2 Å². The van der Waals surface area contributed by atoms with E-state index in [2.05, 4.69) is 4.57 Å². The molecule has 1 N–H and O–H groups in total. The topological polar surface area (TPSA) is 43.3 Å². The van der Waals surface area contributed by atoms with Crippen LogP contribution < -0.4 is 10.1 Å². The van der Waals surface area contributed by atoms with E-state index in [1.807, 2.05) is 23.5 Å². The first-order valence-corrected chi connectivity index (χ1v) is 7.87. The summed E-state index contributed by atoms with van der Waals surface area (Å²) in [5.74, 6) is -1.19. The van der Waals surface area contributed by atoms with Gasteiger partial charge in [-0.15, -0.1) is 0 Å². The molecule has 0 saturated carbocycles. The monoisotopic (exact) mass is 340 g/mol. The van der Waals surface area contributed by atoms with Crippen LogP contribution in [0.25, 0.3) is 10.9 Å². The molecule has 2 aromatic rings. The Labute approximate surface area is 137 Å². The van der Waals surface area contributed by atoms with Crippen molar-refractivity contribution in [1.29, 1.82) is 0 Å². The quantitative estimate of drug-likeness (QED) is 0.929. The predicted molar refractivity (Wildman–Crippen MR) is 84.2 cm³/mol. The van der Waals surface area contributed by atoms with Crippen LogP contribution >= 0.6 is 0 Å². The molecule has 1 amide bonds. The van der Waals surface area contributed by atoms with Gasteiger partial charge in [0.1, 0.15) is 5.75 Å². The number of benzene rings is 1. The number of nitrogens with one attached hydrogen (secondary N) is 1. The molecule has 7 heteroatoms. The number of nitrogens with zero attached hydrogens (tertiary/aromatic N) is 1. The number of amides is 1. The fraction of sp³-hybridized carbons (Fsp3) is 0.471. The number of ether oxygens (including phenoxy) is 1. The van der Waals surface area contributed by atoms with Gasteiger partial charge in [-0.1, -0.05) is 0 Å². The molecule has 0 radical (unpaired) electrons. The molecule has 1 atom stereocenters. The predicted octanol–water partition coefficient (Wildman–Crippen LogP) is 3.21. The third-order valence-corrected chi connectivity index (χ3v) is 4.43. The number of fused-ring (bicyclic) bond motifs is 3. The lowest BCUT2D eigenvalue weighted by Gasteiger charge is -2.16. The van der Waals surface area contributed by atoms with Crippen LogP contribution in [-0.2, 0) is 24.2 Å². The van der Waals surface area contributed by atoms with Gasteiger partial charge in [0.2, 0.25) is 0 Å². The van der Waals surface area contributed by atoms with Crippen molar-refractivity contribution >= 4 is 16.8 Å². The summed E-state index contributed by atoms with van der Waals surface area (Å²) < 4.78 is 44.8. The highest BCUT2D eigenvalue weighted by atomic mass is 19.4. The molecule has 1 aliphatic heterocycles. The molecule has 24 heavy (non-hydrogen) atoms. The molecule has 0 spiro atoms. The largest absolute Gasteiger partial charge is 0.497 e. The number of hydrogen-bond acceptors (Lipinski definition) is 2. The Morgan fingerprint density at radius 2 is 2.17 bits per heavy atom. The first kappa shape index (κ1) is 16.7. The molecule has 1 aromatic heterocycles. The first-order chi connectivity index (χ1) is 11.3. The summed E-state index contributed by atoms with van der Waals surface area (Å²) >= 11 is 0. The number of halogens is 3. The Bertz CT molecular complexity index is 780. The summed E-state index contributed by atoms with van der Waals surface area (Å²) in [6, 6.07) is 5.16. The van der Waals surface area contributed by atoms with Crippen LogP contribution in [0.15, 0.2) is 18.2 Å². The lowest BCUT2D eigenvalue weighted by Crippen LogP contribution is -2.42. The summed E-state index contributed by atoms with van der Waals surface area (Å²) in [5, 5.41) is 3.02. The number of carbonyl (C=O) groups excluding carboxylic acids is 1. The van der Waals surface area contributed by atoms with E-state index in [1.165, 1.54) is 0 Å². The summed E-state index contributed by atoms with van der Waals surface area (Å²) in [6.45, 7) is 2.50. The average Bonchev–Trinajstić information content (AvgIpc) is 3.09. The SMILES string of the molecule is COc1ccc2c(c1)c(CC(C)NC(=O)C(F)(F)F)c1n2CCC1. The maximum absolute atomic E-state index is 12.4. The van der Waals surface area contributed by atoms with E-state index in [-0.39, 0.29) is 0 Å². The maximum Gasteiger partial charge on any atom is 0.471 e. The van der Waals surface area contributed by atoms with Crippen molar-refractivity contribution in [2.75, 3.05) is 7.11 Å². The second kappa shape index (κ2) is 6.03. The van der Waals surface area contributed by atoms with Gasteiger partial charge in [0, 0.05) is 29.2 Å². The minimum Gasteiger partial charge on any atom is -0.497 e. The Balaban J connectivity index is 1.92. The summed E-state index contributed by atoms with van der Waals surface area (Å²) in [4.78, 5) is 11.1. The molecule has 1 aliphatic rings. The molecule has 3 rings (SSSR count). The minimum absolute atomic E-state index is 0.355. The van der Waals surface area contributed by atoms with Gasteiger partial charge in [-0.25, -0.2) is 0 Å². The molecule has 130 valence electrons. The number of carbonyl (C=O) groups is 1. The van der Waals surface area contributed by atoms with Gasteiger partial charge in [0.05, 0.1) is 7.11 Å². The van der Waals surface area contributed by atoms with E-state index >= 15 is 0 Å². The Morgan fingerprint density at radius 3 is 2.83 bits per heavy atom. The molecule has 4 nitrogen and oxygen atoms in total. The third-order valence-electron chi connectivity index (χ3n) is 4.43. The second-order valence-corrected chi connectivity index (χ2v) is 6.14. The number of methoxy groups -OCH3 is 1. The van der Waals surface area contributed by atoms with Crippen molar-refractivity contribution in [2.24, 2.45) is 0 Å². The minimum atomic E-state index is -4.86. The number of rotatable bonds is 4. The number of aryl methyl sites for hydroxylation is 1. The zero-order chi connectivity index (χ0) is 17.5. The Hall–Kier alpha value is -2.18.